The van der Waals surface area contributed by atoms with Gasteiger partial charge in [0.1, 0.15) is 5.54 Å². The van der Waals surface area contributed by atoms with E-state index in [0.717, 1.165) is 25.0 Å². The number of halogens is 3. The van der Waals surface area contributed by atoms with Crippen LogP contribution in [0.25, 0.3) is 0 Å². The fraction of sp³-hybridized carbons (Fsp3) is 0.438. The third kappa shape index (κ3) is 5.67. The SMILES string of the molecule is N#CC1(NC(=O)COC(=O)c2ccc(SC(F)(F)F)cc2)CCCC1. The van der Waals surface area contributed by atoms with Crippen LogP contribution in [0.5, 0.6) is 0 Å². The first-order chi connectivity index (χ1) is 11.7. The lowest BCUT2D eigenvalue weighted by molar-refractivity contribution is -0.125. The van der Waals surface area contributed by atoms with Crippen LogP contribution >= 0.6 is 11.8 Å². The molecule has 1 amide bonds. The van der Waals surface area contributed by atoms with E-state index in [1.165, 1.54) is 12.1 Å². The second-order valence-electron chi connectivity index (χ2n) is 5.60. The van der Waals surface area contributed by atoms with E-state index in [9.17, 15) is 28.0 Å². The highest BCUT2D eigenvalue weighted by molar-refractivity contribution is 8.00. The van der Waals surface area contributed by atoms with E-state index in [0.29, 0.717) is 12.8 Å². The predicted molar refractivity (Wildman–Crippen MR) is 83.6 cm³/mol. The van der Waals surface area contributed by atoms with Crippen LogP contribution in [0.1, 0.15) is 36.0 Å². The molecule has 0 atom stereocenters. The molecule has 0 spiro atoms. The van der Waals surface area contributed by atoms with Gasteiger partial charge in [-0.3, -0.25) is 4.79 Å². The fourth-order valence-electron chi connectivity index (χ4n) is 2.55. The van der Waals surface area contributed by atoms with Crippen LogP contribution in [0.15, 0.2) is 29.2 Å². The highest BCUT2D eigenvalue weighted by Crippen LogP contribution is 2.36. The van der Waals surface area contributed by atoms with Gasteiger partial charge < -0.3 is 10.1 Å². The van der Waals surface area contributed by atoms with Crippen molar-refractivity contribution in [2.24, 2.45) is 0 Å². The Morgan fingerprint density at radius 3 is 2.36 bits per heavy atom. The highest BCUT2D eigenvalue weighted by atomic mass is 32.2. The van der Waals surface area contributed by atoms with Crippen molar-refractivity contribution >= 4 is 23.6 Å². The molecule has 0 saturated heterocycles. The van der Waals surface area contributed by atoms with E-state index in [1.54, 1.807) is 0 Å². The molecule has 1 aromatic rings. The zero-order chi connectivity index (χ0) is 18.5. The Labute approximate surface area is 146 Å². The van der Waals surface area contributed by atoms with Crippen molar-refractivity contribution in [1.82, 2.24) is 5.32 Å². The number of esters is 1. The standard InChI is InChI=1S/C16H15F3N2O3S/c17-16(18,19)25-12-5-3-11(4-6-12)14(23)24-9-13(22)21-15(10-20)7-1-2-8-15/h3-6H,1-2,7-9H2,(H,21,22). The van der Waals surface area contributed by atoms with Crippen LogP contribution < -0.4 is 5.32 Å². The topological polar surface area (TPSA) is 79.2 Å². The molecule has 25 heavy (non-hydrogen) atoms. The second kappa shape index (κ2) is 7.78. The minimum Gasteiger partial charge on any atom is -0.452 e. The Kier molecular flexibility index (Phi) is 5.95. The summed E-state index contributed by atoms with van der Waals surface area (Å²) < 4.78 is 41.6. The highest BCUT2D eigenvalue weighted by Gasteiger charge is 2.35. The Balaban J connectivity index is 1.85. The number of carbonyl (C=O) groups is 2. The van der Waals surface area contributed by atoms with Crippen LogP contribution in [0.3, 0.4) is 0 Å². The smallest absolute Gasteiger partial charge is 0.446 e. The molecule has 1 saturated carbocycles. The molecule has 0 radical (unpaired) electrons. The Hall–Kier alpha value is -2.21. The number of ether oxygens (including phenoxy) is 1. The van der Waals surface area contributed by atoms with Crippen LogP contribution in [-0.4, -0.2) is 29.5 Å². The monoisotopic (exact) mass is 372 g/mol. The first-order valence-electron chi connectivity index (χ1n) is 7.48. The van der Waals surface area contributed by atoms with Crippen molar-refractivity contribution in [2.45, 2.75) is 41.6 Å². The first kappa shape index (κ1) is 19.1. The average molecular weight is 372 g/mol. The number of benzene rings is 1. The summed E-state index contributed by atoms with van der Waals surface area (Å²) in [5, 5.41) is 11.8. The molecule has 9 heteroatoms. The summed E-state index contributed by atoms with van der Waals surface area (Å²) in [6, 6.07) is 6.78. The molecule has 0 unspecified atom stereocenters. The van der Waals surface area contributed by atoms with Gasteiger partial charge in [0.05, 0.1) is 11.6 Å². The van der Waals surface area contributed by atoms with Crippen molar-refractivity contribution in [2.75, 3.05) is 6.61 Å². The molecular formula is C16H15F3N2O3S. The van der Waals surface area contributed by atoms with Gasteiger partial charge in [0.15, 0.2) is 6.61 Å². The third-order valence-corrected chi connectivity index (χ3v) is 4.45. The van der Waals surface area contributed by atoms with Crippen molar-refractivity contribution in [3.63, 3.8) is 0 Å². The number of nitrogens with zero attached hydrogens (tertiary/aromatic N) is 1. The number of rotatable bonds is 5. The van der Waals surface area contributed by atoms with E-state index in [4.69, 9.17) is 4.74 Å². The minimum absolute atomic E-state index is 0.0372. The summed E-state index contributed by atoms with van der Waals surface area (Å²) in [5.41, 5.74) is -5.27. The maximum absolute atomic E-state index is 12.2. The largest absolute Gasteiger partial charge is 0.452 e. The quantitative estimate of drug-likeness (QED) is 0.633. The molecule has 0 bridgehead atoms. The first-order valence-corrected chi connectivity index (χ1v) is 8.30. The maximum atomic E-state index is 12.2. The number of alkyl halides is 3. The third-order valence-electron chi connectivity index (χ3n) is 3.71. The Morgan fingerprint density at radius 1 is 1.24 bits per heavy atom. The second-order valence-corrected chi connectivity index (χ2v) is 6.74. The van der Waals surface area contributed by atoms with E-state index in [1.807, 2.05) is 0 Å². The average Bonchev–Trinajstić information content (AvgIpc) is 3.01. The molecule has 1 aliphatic rings. The lowest BCUT2D eigenvalue weighted by atomic mass is 10.00. The number of nitrogens with one attached hydrogen (secondary N) is 1. The van der Waals surface area contributed by atoms with Gasteiger partial charge >= 0.3 is 11.5 Å². The van der Waals surface area contributed by atoms with Gasteiger partial charge in [-0.15, -0.1) is 0 Å². The van der Waals surface area contributed by atoms with E-state index < -0.39 is 29.5 Å². The Bertz CT molecular complexity index is 677. The lowest BCUT2D eigenvalue weighted by Crippen LogP contribution is -2.46. The van der Waals surface area contributed by atoms with E-state index in [-0.39, 0.29) is 22.2 Å². The summed E-state index contributed by atoms with van der Waals surface area (Å²) in [6.07, 6.45) is 2.80. The maximum Gasteiger partial charge on any atom is 0.446 e. The predicted octanol–water partition coefficient (Wildman–Crippen LogP) is 3.41. The summed E-state index contributed by atoms with van der Waals surface area (Å²) in [7, 11) is 0. The van der Waals surface area contributed by atoms with Crippen molar-refractivity contribution < 1.29 is 27.5 Å². The molecule has 1 aromatic carbocycles. The van der Waals surface area contributed by atoms with Crippen molar-refractivity contribution in [1.29, 1.82) is 5.26 Å². The van der Waals surface area contributed by atoms with Crippen molar-refractivity contribution in [3.05, 3.63) is 29.8 Å². The fourth-order valence-corrected chi connectivity index (χ4v) is 3.09. The number of amides is 1. The molecule has 1 N–H and O–H groups in total. The van der Waals surface area contributed by atoms with E-state index in [2.05, 4.69) is 11.4 Å². The zero-order valence-corrected chi connectivity index (χ0v) is 13.9. The van der Waals surface area contributed by atoms with Gasteiger partial charge in [0.2, 0.25) is 0 Å². The number of nitriles is 1. The normalized spacial score (nSPS) is 16.1. The molecule has 0 aliphatic heterocycles. The minimum atomic E-state index is -4.41. The molecule has 134 valence electrons. The summed E-state index contributed by atoms with van der Waals surface area (Å²) in [6.45, 7) is -0.554. The number of hydrogen-bond acceptors (Lipinski definition) is 5. The van der Waals surface area contributed by atoms with Crippen LogP contribution in [-0.2, 0) is 9.53 Å². The molecule has 5 nitrogen and oxygen atoms in total. The van der Waals surface area contributed by atoms with Crippen LogP contribution in [0.2, 0.25) is 0 Å². The van der Waals surface area contributed by atoms with Crippen molar-refractivity contribution in [3.8, 4) is 6.07 Å². The number of thioether (sulfide) groups is 1. The molecule has 0 heterocycles. The van der Waals surface area contributed by atoms with Gasteiger partial charge in [-0.2, -0.15) is 18.4 Å². The molecular weight excluding hydrogens is 357 g/mol. The Morgan fingerprint density at radius 2 is 1.84 bits per heavy atom. The van der Waals surface area contributed by atoms with Crippen LogP contribution in [0, 0.1) is 11.3 Å². The van der Waals surface area contributed by atoms with Gasteiger partial charge in [0.25, 0.3) is 5.91 Å². The summed E-state index contributed by atoms with van der Waals surface area (Å²) >= 11 is -0.288. The van der Waals surface area contributed by atoms with Gasteiger partial charge in [-0.25, -0.2) is 4.79 Å². The molecule has 0 aromatic heterocycles. The van der Waals surface area contributed by atoms with Gasteiger partial charge in [-0.1, -0.05) is 0 Å². The zero-order valence-electron chi connectivity index (χ0n) is 13.1. The molecule has 1 aliphatic carbocycles. The lowest BCUT2D eigenvalue weighted by Gasteiger charge is -2.21. The van der Waals surface area contributed by atoms with E-state index >= 15 is 0 Å². The van der Waals surface area contributed by atoms with Gasteiger partial charge in [0, 0.05) is 4.90 Å². The number of carbonyl (C=O) groups excluding carboxylic acids is 2. The molecule has 1 fully saturated rings. The molecule has 2 rings (SSSR count). The van der Waals surface area contributed by atoms with Crippen LogP contribution in [0.4, 0.5) is 13.2 Å². The number of hydrogen-bond donors (Lipinski definition) is 1. The summed E-state index contributed by atoms with van der Waals surface area (Å²) in [5.74, 6) is -1.41. The van der Waals surface area contributed by atoms with Gasteiger partial charge in [-0.05, 0) is 61.7 Å². The summed E-state index contributed by atoms with van der Waals surface area (Å²) in [4.78, 5) is 23.6.